The van der Waals surface area contributed by atoms with Crippen molar-refractivity contribution in [2.45, 2.75) is 33.2 Å². The normalized spacial score (nSPS) is 11.3. The van der Waals surface area contributed by atoms with Crippen molar-refractivity contribution in [1.82, 2.24) is 9.97 Å². The lowest BCUT2D eigenvalue weighted by atomic mass is 10.1. The van der Waals surface area contributed by atoms with E-state index in [9.17, 15) is 0 Å². The maximum atomic E-state index is 5.43. The van der Waals surface area contributed by atoms with E-state index in [1.165, 1.54) is 0 Å². The van der Waals surface area contributed by atoms with E-state index < -0.39 is 0 Å². The Morgan fingerprint density at radius 3 is 2.44 bits per heavy atom. The molecule has 5 heteroatoms. The maximum absolute atomic E-state index is 5.43. The molecule has 0 amide bonds. The topological polar surface area (TPSA) is 75.9 Å². The van der Waals surface area contributed by atoms with E-state index in [1.807, 2.05) is 13.0 Å². The minimum Gasteiger partial charge on any atom is -0.369 e. The molecule has 0 saturated carbocycles. The molecule has 0 spiro atoms. The molecule has 0 unspecified atom stereocenters. The molecule has 1 aromatic rings. The minimum absolute atomic E-state index is 0.00801. The van der Waals surface area contributed by atoms with Gasteiger partial charge >= 0.3 is 0 Å². The molecule has 0 aliphatic rings. The third-order valence-corrected chi connectivity index (χ3v) is 1.79. The van der Waals surface area contributed by atoms with Gasteiger partial charge in [0.25, 0.3) is 0 Å². The second-order valence-corrected chi connectivity index (χ2v) is 4.78. The Labute approximate surface area is 96.9 Å². The zero-order chi connectivity index (χ0) is 12.2. The number of nitrogens with zero attached hydrogens (tertiary/aromatic N) is 2. The van der Waals surface area contributed by atoms with Crippen LogP contribution in [0.15, 0.2) is 6.07 Å². The van der Waals surface area contributed by atoms with Gasteiger partial charge < -0.3 is 16.4 Å². The number of aryl methyl sites for hydroxylation is 1. The highest BCUT2D eigenvalue weighted by Gasteiger charge is 2.11. The molecule has 4 N–H and O–H groups in total. The summed E-state index contributed by atoms with van der Waals surface area (Å²) in [6.07, 6.45) is 0. The second kappa shape index (κ2) is 5.12. The van der Waals surface area contributed by atoms with Gasteiger partial charge in [0.15, 0.2) is 0 Å². The Kier molecular flexibility index (Phi) is 4.06. The Morgan fingerprint density at radius 2 is 1.88 bits per heavy atom. The van der Waals surface area contributed by atoms with Crippen LogP contribution in [-0.4, -0.2) is 28.6 Å². The summed E-state index contributed by atoms with van der Waals surface area (Å²) in [5, 5.41) is 6.46. The third kappa shape index (κ3) is 4.44. The van der Waals surface area contributed by atoms with Gasteiger partial charge in [-0.25, -0.2) is 9.97 Å². The summed E-state index contributed by atoms with van der Waals surface area (Å²) in [6.45, 7) is 9.46. The summed E-state index contributed by atoms with van der Waals surface area (Å²) in [6, 6.07) is 1.90. The van der Waals surface area contributed by atoms with Crippen LogP contribution >= 0.6 is 0 Å². The van der Waals surface area contributed by atoms with Crippen LogP contribution in [0.5, 0.6) is 0 Å². The lowest BCUT2D eigenvalue weighted by Crippen LogP contribution is -2.27. The highest BCUT2D eigenvalue weighted by Crippen LogP contribution is 2.15. The van der Waals surface area contributed by atoms with Crippen molar-refractivity contribution >= 4 is 11.6 Å². The molecular formula is C11H21N5. The first kappa shape index (κ1) is 12.7. The average Bonchev–Trinajstić information content (AvgIpc) is 2.10. The van der Waals surface area contributed by atoms with Crippen molar-refractivity contribution in [3.05, 3.63) is 11.9 Å². The lowest BCUT2D eigenvalue weighted by Gasteiger charge is -2.21. The van der Waals surface area contributed by atoms with Gasteiger partial charge in [-0.15, -0.1) is 0 Å². The fourth-order valence-corrected chi connectivity index (χ4v) is 1.31. The van der Waals surface area contributed by atoms with E-state index in [1.54, 1.807) is 0 Å². The minimum atomic E-state index is -0.00801. The van der Waals surface area contributed by atoms with Crippen LogP contribution in [0.1, 0.15) is 26.6 Å². The lowest BCUT2D eigenvalue weighted by molar-refractivity contribution is 0.629. The van der Waals surface area contributed by atoms with Gasteiger partial charge in [0.1, 0.15) is 17.5 Å². The molecule has 0 aliphatic heterocycles. The molecule has 0 saturated heterocycles. The first-order valence-corrected chi connectivity index (χ1v) is 5.48. The van der Waals surface area contributed by atoms with Crippen molar-refractivity contribution in [1.29, 1.82) is 0 Å². The van der Waals surface area contributed by atoms with Crippen molar-refractivity contribution in [3.63, 3.8) is 0 Å². The number of rotatable bonds is 4. The molecule has 16 heavy (non-hydrogen) atoms. The molecule has 0 fully saturated rings. The summed E-state index contributed by atoms with van der Waals surface area (Å²) >= 11 is 0. The van der Waals surface area contributed by atoms with Crippen LogP contribution in [0, 0.1) is 6.92 Å². The molecule has 90 valence electrons. The monoisotopic (exact) mass is 223 g/mol. The number of nitrogens with one attached hydrogen (secondary N) is 2. The fourth-order valence-electron chi connectivity index (χ4n) is 1.31. The molecule has 0 atom stereocenters. The summed E-state index contributed by atoms with van der Waals surface area (Å²) < 4.78 is 0. The maximum Gasteiger partial charge on any atom is 0.132 e. The standard InChI is InChI=1S/C11H21N5/c1-8-14-9(13-6-5-12)7-10(15-8)16-11(2,3)4/h7H,5-6,12H2,1-4H3,(H2,13,14,15,16). The Hall–Kier alpha value is -1.36. The van der Waals surface area contributed by atoms with Gasteiger partial charge in [0.05, 0.1) is 0 Å². The zero-order valence-corrected chi connectivity index (χ0v) is 10.5. The summed E-state index contributed by atoms with van der Waals surface area (Å²) in [5.41, 5.74) is 5.42. The van der Waals surface area contributed by atoms with Gasteiger partial charge in [-0.2, -0.15) is 0 Å². The molecule has 1 aromatic heterocycles. The Bertz CT molecular complexity index is 343. The van der Waals surface area contributed by atoms with E-state index in [-0.39, 0.29) is 5.54 Å². The molecule has 0 radical (unpaired) electrons. The van der Waals surface area contributed by atoms with Crippen LogP contribution in [0.25, 0.3) is 0 Å². The highest BCUT2D eigenvalue weighted by molar-refractivity contribution is 5.48. The first-order valence-electron chi connectivity index (χ1n) is 5.48. The summed E-state index contributed by atoms with van der Waals surface area (Å²) in [7, 11) is 0. The largest absolute Gasteiger partial charge is 0.369 e. The van der Waals surface area contributed by atoms with E-state index >= 15 is 0 Å². The smallest absolute Gasteiger partial charge is 0.132 e. The van der Waals surface area contributed by atoms with E-state index in [0.717, 1.165) is 17.5 Å². The Morgan fingerprint density at radius 1 is 1.25 bits per heavy atom. The third-order valence-electron chi connectivity index (χ3n) is 1.79. The van der Waals surface area contributed by atoms with E-state index in [2.05, 4.69) is 41.4 Å². The fraction of sp³-hybridized carbons (Fsp3) is 0.636. The van der Waals surface area contributed by atoms with Gasteiger partial charge in [-0.05, 0) is 27.7 Å². The van der Waals surface area contributed by atoms with Crippen molar-refractivity contribution in [3.8, 4) is 0 Å². The van der Waals surface area contributed by atoms with Gasteiger partial charge in [0.2, 0.25) is 0 Å². The van der Waals surface area contributed by atoms with Crippen LogP contribution in [0.4, 0.5) is 11.6 Å². The van der Waals surface area contributed by atoms with Gasteiger partial charge in [0, 0.05) is 24.7 Å². The summed E-state index contributed by atoms with van der Waals surface area (Å²) in [4.78, 5) is 8.62. The molecule has 1 rings (SSSR count). The van der Waals surface area contributed by atoms with Crippen LogP contribution in [0.3, 0.4) is 0 Å². The van der Waals surface area contributed by atoms with E-state index in [4.69, 9.17) is 5.73 Å². The van der Waals surface area contributed by atoms with Crippen molar-refractivity contribution in [2.24, 2.45) is 5.73 Å². The second-order valence-electron chi connectivity index (χ2n) is 4.78. The van der Waals surface area contributed by atoms with Crippen LogP contribution in [0.2, 0.25) is 0 Å². The number of anilines is 2. The zero-order valence-electron chi connectivity index (χ0n) is 10.5. The number of nitrogens with two attached hydrogens (primary N) is 1. The average molecular weight is 223 g/mol. The van der Waals surface area contributed by atoms with Gasteiger partial charge in [-0.3, -0.25) is 0 Å². The molecule has 1 heterocycles. The van der Waals surface area contributed by atoms with Crippen LogP contribution in [-0.2, 0) is 0 Å². The number of aromatic nitrogens is 2. The van der Waals surface area contributed by atoms with Crippen LogP contribution < -0.4 is 16.4 Å². The first-order chi connectivity index (χ1) is 7.40. The number of hydrogen-bond donors (Lipinski definition) is 3. The molecule has 0 aliphatic carbocycles. The SMILES string of the molecule is Cc1nc(NCCN)cc(NC(C)(C)C)n1. The summed E-state index contributed by atoms with van der Waals surface area (Å²) in [5.74, 6) is 2.39. The highest BCUT2D eigenvalue weighted by atomic mass is 15.1. The van der Waals surface area contributed by atoms with Crippen molar-refractivity contribution in [2.75, 3.05) is 23.7 Å². The van der Waals surface area contributed by atoms with Gasteiger partial charge in [-0.1, -0.05) is 0 Å². The predicted octanol–water partition coefficient (Wildman–Crippen LogP) is 1.37. The predicted molar refractivity (Wildman–Crippen MR) is 67.7 cm³/mol. The quantitative estimate of drug-likeness (QED) is 0.718. The van der Waals surface area contributed by atoms with Crippen molar-refractivity contribution < 1.29 is 0 Å². The molecule has 0 aromatic carbocycles. The Balaban J connectivity index is 2.81. The molecule has 5 nitrogen and oxygen atoms in total. The molecular weight excluding hydrogens is 202 g/mol. The van der Waals surface area contributed by atoms with E-state index in [0.29, 0.717) is 13.1 Å². The molecule has 0 bridgehead atoms. The number of hydrogen-bond acceptors (Lipinski definition) is 5.